The van der Waals surface area contributed by atoms with Crippen molar-refractivity contribution in [3.63, 3.8) is 0 Å². The minimum absolute atomic E-state index is 0.297. The maximum Gasteiger partial charge on any atom is 0.234 e. The van der Waals surface area contributed by atoms with Gasteiger partial charge in [0.25, 0.3) is 0 Å². The standard InChI is InChI=1S/C12H18N2O2/c1-11(2,3)13-14-12(4,16-15)10-8-6-5-7-9-10/h5-9,15H,1-4H3. The van der Waals surface area contributed by atoms with Crippen molar-refractivity contribution in [1.82, 2.24) is 0 Å². The highest BCUT2D eigenvalue weighted by Gasteiger charge is 2.28. The van der Waals surface area contributed by atoms with E-state index in [-0.39, 0.29) is 5.54 Å². The van der Waals surface area contributed by atoms with Crippen LogP contribution >= 0.6 is 0 Å². The molecule has 0 bridgehead atoms. The first kappa shape index (κ1) is 12.8. The van der Waals surface area contributed by atoms with E-state index in [1.807, 2.05) is 51.1 Å². The van der Waals surface area contributed by atoms with Crippen molar-refractivity contribution >= 4 is 0 Å². The summed E-state index contributed by atoms with van der Waals surface area (Å²) in [6, 6.07) is 9.27. The summed E-state index contributed by atoms with van der Waals surface area (Å²) in [7, 11) is 0. The van der Waals surface area contributed by atoms with Crippen LogP contribution in [0.5, 0.6) is 0 Å². The van der Waals surface area contributed by atoms with Crippen LogP contribution in [0.3, 0.4) is 0 Å². The molecule has 0 heterocycles. The average molecular weight is 222 g/mol. The van der Waals surface area contributed by atoms with Gasteiger partial charge in [-0.2, -0.15) is 5.11 Å². The van der Waals surface area contributed by atoms with Crippen molar-refractivity contribution in [3.05, 3.63) is 35.9 Å². The number of azo groups is 1. The Labute approximate surface area is 95.9 Å². The molecule has 0 aliphatic rings. The molecule has 1 aromatic carbocycles. The average Bonchev–Trinajstić information content (AvgIpc) is 2.26. The smallest absolute Gasteiger partial charge is 0.234 e. The van der Waals surface area contributed by atoms with Gasteiger partial charge in [0.1, 0.15) is 0 Å². The normalized spacial score (nSPS) is 16.3. The lowest BCUT2D eigenvalue weighted by Crippen LogP contribution is -2.23. The Bertz CT molecular complexity index is 357. The summed E-state index contributed by atoms with van der Waals surface area (Å²) in [4.78, 5) is 4.46. The van der Waals surface area contributed by atoms with Crippen LogP contribution < -0.4 is 0 Å². The largest absolute Gasteiger partial charge is 0.249 e. The molecular weight excluding hydrogens is 204 g/mol. The van der Waals surface area contributed by atoms with E-state index in [2.05, 4.69) is 15.1 Å². The van der Waals surface area contributed by atoms with Crippen molar-refractivity contribution in [1.29, 1.82) is 0 Å². The topological polar surface area (TPSA) is 54.2 Å². The summed E-state index contributed by atoms with van der Waals surface area (Å²) in [6.07, 6.45) is 0. The maximum atomic E-state index is 8.98. The van der Waals surface area contributed by atoms with Gasteiger partial charge in [0.2, 0.25) is 5.72 Å². The summed E-state index contributed by atoms with van der Waals surface area (Å²) in [5, 5.41) is 17.2. The summed E-state index contributed by atoms with van der Waals surface area (Å²) < 4.78 is 0. The fourth-order valence-corrected chi connectivity index (χ4v) is 1.12. The van der Waals surface area contributed by atoms with Crippen LogP contribution in [0, 0.1) is 0 Å². The molecule has 0 saturated heterocycles. The molecule has 1 aromatic rings. The fourth-order valence-electron chi connectivity index (χ4n) is 1.12. The second kappa shape index (κ2) is 4.72. The van der Waals surface area contributed by atoms with Gasteiger partial charge in [-0.15, -0.1) is 5.11 Å². The number of hydrogen-bond donors (Lipinski definition) is 1. The predicted octanol–water partition coefficient (Wildman–Crippen LogP) is 3.60. The third-order valence-electron chi connectivity index (χ3n) is 2.03. The zero-order valence-corrected chi connectivity index (χ0v) is 10.1. The van der Waals surface area contributed by atoms with Crippen LogP contribution in [-0.4, -0.2) is 10.8 Å². The third kappa shape index (κ3) is 3.40. The van der Waals surface area contributed by atoms with E-state index in [9.17, 15) is 0 Å². The molecule has 1 atom stereocenters. The van der Waals surface area contributed by atoms with Crippen LogP contribution in [0.2, 0.25) is 0 Å². The molecule has 4 heteroatoms. The molecule has 0 radical (unpaired) electrons. The predicted molar refractivity (Wildman–Crippen MR) is 62.1 cm³/mol. The quantitative estimate of drug-likeness (QED) is 0.482. The van der Waals surface area contributed by atoms with Gasteiger partial charge in [-0.3, -0.25) is 0 Å². The first-order valence-corrected chi connectivity index (χ1v) is 5.19. The molecule has 88 valence electrons. The fraction of sp³-hybridized carbons (Fsp3) is 0.500. The molecule has 16 heavy (non-hydrogen) atoms. The summed E-state index contributed by atoms with van der Waals surface area (Å²) >= 11 is 0. The Morgan fingerprint density at radius 3 is 2.00 bits per heavy atom. The lowest BCUT2D eigenvalue weighted by atomic mass is 10.1. The van der Waals surface area contributed by atoms with E-state index < -0.39 is 5.72 Å². The van der Waals surface area contributed by atoms with Crippen molar-refractivity contribution in [2.75, 3.05) is 0 Å². The monoisotopic (exact) mass is 222 g/mol. The maximum absolute atomic E-state index is 8.98. The highest BCUT2D eigenvalue weighted by Crippen LogP contribution is 2.27. The molecule has 0 fully saturated rings. The zero-order chi connectivity index (χ0) is 12.2. The number of rotatable bonds is 3. The van der Waals surface area contributed by atoms with Crippen LogP contribution in [-0.2, 0) is 10.6 Å². The van der Waals surface area contributed by atoms with E-state index >= 15 is 0 Å². The molecule has 0 spiro atoms. The molecular formula is C12H18N2O2. The van der Waals surface area contributed by atoms with Gasteiger partial charge in [0.15, 0.2) is 0 Å². The van der Waals surface area contributed by atoms with Gasteiger partial charge in [-0.25, -0.2) is 10.1 Å². The van der Waals surface area contributed by atoms with Gasteiger partial charge in [-0.1, -0.05) is 30.3 Å². The molecule has 0 aliphatic heterocycles. The molecule has 1 unspecified atom stereocenters. The van der Waals surface area contributed by atoms with Gasteiger partial charge in [0, 0.05) is 5.56 Å². The Hall–Kier alpha value is -1.26. The van der Waals surface area contributed by atoms with Crippen molar-refractivity contribution in [2.24, 2.45) is 10.2 Å². The highest BCUT2D eigenvalue weighted by atomic mass is 17.1. The van der Waals surface area contributed by atoms with E-state index in [4.69, 9.17) is 5.26 Å². The molecule has 0 aliphatic carbocycles. The van der Waals surface area contributed by atoms with Crippen LogP contribution in [0.1, 0.15) is 33.3 Å². The van der Waals surface area contributed by atoms with Crippen molar-refractivity contribution in [2.45, 2.75) is 39.0 Å². The number of nitrogens with zero attached hydrogens (tertiary/aromatic N) is 2. The Morgan fingerprint density at radius 2 is 1.56 bits per heavy atom. The second-order valence-electron chi connectivity index (χ2n) is 4.81. The number of hydrogen-bond acceptors (Lipinski definition) is 4. The minimum atomic E-state index is -1.14. The van der Waals surface area contributed by atoms with Gasteiger partial charge in [0.05, 0.1) is 5.54 Å². The van der Waals surface area contributed by atoms with Gasteiger partial charge < -0.3 is 0 Å². The van der Waals surface area contributed by atoms with E-state index in [1.54, 1.807) is 6.92 Å². The van der Waals surface area contributed by atoms with Crippen LogP contribution in [0.4, 0.5) is 0 Å². The van der Waals surface area contributed by atoms with Crippen LogP contribution in [0.25, 0.3) is 0 Å². The summed E-state index contributed by atoms with van der Waals surface area (Å²) in [5.74, 6) is 0. The molecule has 1 N–H and O–H groups in total. The summed E-state index contributed by atoms with van der Waals surface area (Å²) in [5.41, 5.74) is -0.686. The third-order valence-corrected chi connectivity index (χ3v) is 2.03. The molecule has 0 amide bonds. The van der Waals surface area contributed by atoms with Crippen molar-refractivity contribution in [3.8, 4) is 0 Å². The Balaban J connectivity index is 3.00. The SMILES string of the molecule is CC(C)(C)N=NC(C)(OO)c1ccccc1. The van der Waals surface area contributed by atoms with Gasteiger partial charge in [-0.05, 0) is 27.7 Å². The van der Waals surface area contributed by atoms with E-state index in [1.165, 1.54) is 0 Å². The van der Waals surface area contributed by atoms with Gasteiger partial charge >= 0.3 is 0 Å². The molecule has 0 aromatic heterocycles. The first-order valence-electron chi connectivity index (χ1n) is 5.19. The van der Waals surface area contributed by atoms with Crippen LogP contribution in [0.15, 0.2) is 40.6 Å². The second-order valence-corrected chi connectivity index (χ2v) is 4.81. The first-order chi connectivity index (χ1) is 7.37. The molecule has 1 rings (SSSR count). The number of benzene rings is 1. The zero-order valence-electron chi connectivity index (χ0n) is 10.1. The van der Waals surface area contributed by atoms with E-state index in [0.717, 1.165) is 5.56 Å². The molecule has 4 nitrogen and oxygen atoms in total. The highest BCUT2D eigenvalue weighted by molar-refractivity contribution is 5.20. The minimum Gasteiger partial charge on any atom is -0.249 e. The Kier molecular flexibility index (Phi) is 3.78. The lowest BCUT2D eigenvalue weighted by molar-refractivity contribution is -0.323. The Morgan fingerprint density at radius 1 is 1.00 bits per heavy atom. The lowest BCUT2D eigenvalue weighted by Gasteiger charge is -2.22. The molecule has 0 saturated carbocycles. The van der Waals surface area contributed by atoms with Crippen molar-refractivity contribution < 1.29 is 10.1 Å². The van der Waals surface area contributed by atoms with E-state index in [0.29, 0.717) is 0 Å². The summed E-state index contributed by atoms with van der Waals surface area (Å²) in [6.45, 7) is 7.45.